The third kappa shape index (κ3) is 6.71. The van der Waals surface area contributed by atoms with Crippen LogP contribution in [0.5, 0.6) is 0 Å². The van der Waals surface area contributed by atoms with Gasteiger partial charge < -0.3 is 15.4 Å². The minimum Gasteiger partial charge on any atom is -0.478 e. The van der Waals surface area contributed by atoms with E-state index in [-0.39, 0.29) is 11.6 Å². The molecule has 3 heterocycles. The maximum atomic E-state index is 11.6. The lowest BCUT2D eigenvalue weighted by Crippen LogP contribution is -2.32. The Bertz CT molecular complexity index is 1450. The second-order valence-electron chi connectivity index (χ2n) is 9.65. The molecular formula is C29H33N7O3. The van der Waals surface area contributed by atoms with E-state index in [9.17, 15) is 9.59 Å². The fourth-order valence-electron chi connectivity index (χ4n) is 4.92. The summed E-state index contributed by atoms with van der Waals surface area (Å²) in [6, 6.07) is 12.0. The number of nitrogens with two attached hydrogens (primary N) is 1. The quantitative estimate of drug-likeness (QED) is 0.370. The van der Waals surface area contributed by atoms with Crippen molar-refractivity contribution >= 4 is 11.9 Å². The van der Waals surface area contributed by atoms with Crippen molar-refractivity contribution in [2.45, 2.75) is 52.2 Å². The zero-order chi connectivity index (χ0) is 27.9. The maximum absolute atomic E-state index is 11.6. The van der Waals surface area contributed by atoms with Gasteiger partial charge in [-0.25, -0.2) is 19.7 Å². The van der Waals surface area contributed by atoms with E-state index in [1.807, 2.05) is 50.0 Å². The van der Waals surface area contributed by atoms with Crippen LogP contribution in [-0.2, 0) is 26.6 Å². The van der Waals surface area contributed by atoms with Gasteiger partial charge in [-0.05, 0) is 62.4 Å². The Morgan fingerprint density at radius 2 is 1.87 bits per heavy atom. The average molecular weight is 528 g/mol. The number of carbonyl (C=O) groups is 2. The highest BCUT2D eigenvalue weighted by Gasteiger charge is 2.28. The molecule has 202 valence electrons. The van der Waals surface area contributed by atoms with Crippen LogP contribution in [0.3, 0.4) is 0 Å². The number of nitrogens with zero attached hydrogens (tertiary/aromatic N) is 6. The third-order valence-corrected chi connectivity index (χ3v) is 6.93. The van der Waals surface area contributed by atoms with Crippen LogP contribution in [-0.4, -0.2) is 46.4 Å². The summed E-state index contributed by atoms with van der Waals surface area (Å²) < 4.78 is 2.05. The number of benzene rings is 1. The first-order valence-electron chi connectivity index (χ1n) is 12.8. The summed E-state index contributed by atoms with van der Waals surface area (Å²) in [5.41, 5.74) is 11.9. The highest BCUT2D eigenvalue weighted by molar-refractivity contribution is 5.92. The standard InChI is InChI=1S/C22H25N5O.C7H8N2O2/c1-26-15-24-12-19(26)14-27(13-16-5-2-7-18(11-16)22(23)28)20-9-3-6-17-8-4-10-25-21(17)20;1-4-6(7(10)11)5(2)9-3-8-4/h2,4-5,7-8,10-12,15,20H,3,6,9,13-14H2,1H3,(H2,23,28);3H,1-2H3,(H,10,11). The molecule has 3 N–H and O–H groups in total. The second-order valence-corrected chi connectivity index (χ2v) is 9.65. The van der Waals surface area contributed by atoms with E-state index in [4.69, 9.17) is 15.8 Å². The summed E-state index contributed by atoms with van der Waals surface area (Å²) in [5.74, 6) is -1.37. The SMILES string of the molecule is Cc1ncnc(C)c1C(=O)O.Cn1cncc1CN(Cc1cccc(C(N)=O)c1)C1CCCc2cccnc21. The molecule has 10 heteroatoms. The highest BCUT2D eigenvalue weighted by atomic mass is 16.4. The Kier molecular flexibility index (Phi) is 8.77. The van der Waals surface area contributed by atoms with Gasteiger partial charge in [0.25, 0.3) is 0 Å². The Balaban J connectivity index is 0.000000270. The van der Waals surface area contributed by atoms with Crippen LogP contribution in [0.25, 0.3) is 0 Å². The molecule has 39 heavy (non-hydrogen) atoms. The van der Waals surface area contributed by atoms with Crippen molar-refractivity contribution in [3.8, 4) is 0 Å². The van der Waals surface area contributed by atoms with E-state index < -0.39 is 11.9 Å². The molecule has 1 aromatic carbocycles. The lowest BCUT2D eigenvalue weighted by Gasteiger charge is -2.35. The molecule has 5 rings (SSSR count). The number of aromatic nitrogens is 5. The molecular weight excluding hydrogens is 494 g/mol. The third-order valence-electron chi connectivity index (χ3n) is 6.93. The average Bonchev–Trinajstić information content (AvgIpc) is 3.32. The fourth-order valence-corrected chi connectivity index (χ4v) is 4.92. The molecule has 4 aromatic rings. The van der Waals surface area contributed by atoms with Gasteiger partial charge in [0.1, 0.15) is 11.9 Å². The molecule has 1 amide bonds. The number of pyridine rings is 1. The Morgan fingerprint density at radius 1 is 1.10 bits per heavy atom. The van der Waals surface area contributed by atoms with E-state index in [1.54, 1.807) is 19.9 Å². The van der Waals surface area contributed by atoms with Gasteiger partial charge in [-0.15, -0.1) is 0 Å². The normalized spacial score (nSPS) is 14.3. The number of primary amides is 1. The van der Waals surface area contributed by atoms with Gasteiger partial charge in [0.2, 0.25) is 5.91 Å². The molecule has 1 unspecified atom stereocenters. The van der Waals surface area contributed by atoms with Crippen LogP contribution in [0, 0.1) is 13.8 Å². The Labute approximate surface area is 227 Å². The summed E-state index contributed by atoms with van der Waals surface area (Å²) in [7, 11) is 2.02. The van der Waals surface area contributed by atoms with Crippen LogP contribution >= 0.6 is 0 Å². The van der Waals surface area contributed by atoms with Crippen LogP contribution in [0.15, 0.2) is 61.4 Å². The minimum atomic E-state index is -0.972. The van der Waals surface area contributed by atoms with E-state index in [0.29, 0.717) is 23.5 Å². The van der Waals surface area contributed by atoms with Gasteiger partial charge in [0.15, 0.2) is 0 Å². The monoisotopic (exact) mass is 527 g/mol. The molecule has 10 nitrogen and oxygen atoms in total. The number of rotatable bonds is 7. The Hall–Kier alpha value is -4.44. The smallest absolute Gasteiger partial charge is 0.339 e. The first-order chi connectivity index (χ1) is 18.7. The van der Waals surface area contributed by atoms with Crippen LogP contribution in [0.1, 0.15) is 73.5 Å². The molecule has 0 spiro atoms. The summed E-state index contributed by atoms with van der Waals surface area (Å²) in [5, 5.41) is 8.67. The van der Waals surface area contributed by atoms with Crippen molar-refractivity contribution in [1.82, 2.24) is 29.4 Å². The van der Waals surface area contributed by atoms with Gasteiger partial charge in [0.05, 0.1) is 35.1 Å². The summed E-state index contributed by atoms with van der Waals surface area (Å²) in [4.78, 5) is 41.1. The van der Waals surface area contributed by atoms with Gasteiger partial charge >= 0.3 is 5.97 Å². The topological polar surface area (TPSA) is 140 Å². The van der Waals surface area contributed by atoms with Crippen molar-refractivity contribution in [1.29, 1.82) is 0 Å². The lowest BCUT2D eigenvalue weighted by atomic mass is 9.90. The zero-order valence-corrected chi connectivity index (χ0v) is 22.4. The molecule has 0 bridgehead atoms. The largest absolute Gasteiger partial charge is 0.478 e. The predicted molar refractivity (Wildman–Crippen MR) is 146 cm³/mol. The van der Waals surface area contributed by atoms with E-state index in [0.717, 1.165) is 37.1 Å². The molecule has 0 saturated carbocycles. The second kappa shape index (κ2) is 12.4. The molecule has 1 atom stereocenters. The summed E-state index contributed by atoms with van der Waals surface area (Å²) in [6.45, 7) is 4.78. The number of carboxylic acids is 1. The summed E-state index contributed by atoms with van der Waals surface area (Å²) >= 11 is 0. The maximum Gasteiger partial charge on any atom is 0.339 e. The number of amides is 1. The number of carboxylic acid groups (broad SMARTS) is 1. The fraction of sp³-hybridized carbons (Fsp3) is 0.310. The van der Waals surface area contributed by atoms with Crippen molar-refractivity contribution < 1.29 is 14.7 Å². The molecule has 0 radical (unpaired) electrons. The molecule has 1 aliphatic carbocycles. The van der Waals surface area contributed by atoms with Gasteiger partial charge in [-0.1, -0.05) is 18.2 Å². The van der Waals surface area contributed by atoms with Crippen molar-refractivity contribution in [3.05, 3.63) is 106 Å². The molecule has 1 aliphatic rings. The molecule has 0 saturated heterocycles. The number of aromatic carboxylic acids is 1. The number of carbonyl (C=O) groups excluding carboxylic acids is 1. The van der Waals surface area contributed by atoms with Gasteiger partial charge in [-0.2, -0.15) is 0 Å². The minimum absolute atomic E-state index is 0.201. The number of imidazole rings is 1. The number of aryl methyl sites for hydroxylation is 4. The van der Waals surface area contributed by atoms with E-state index >= 15 is 0 Å². The van der Waals surface area contributed by atoms with Crippen molar-refractivity contribution in [3.63, 3.8) is 0 Å². The number of hydrogen-bond donors (Lipinski definition) is 2. The number of hydrogen-bond acceptors (Lipinski definition) is 7. The molecule has 0 fully saturated rings. The molecule has 0 aliphatic heterocycles. The predicted octanol–water partition coefficient (Wildman–Crippen LogP) is 3.79. The first kappa shape index (κ1) is 27.6. The van der Waals surface area contributed by atoms with Crippen molar-refractivity contribution in [2.75, 3.05) is 0 Å². The number of fused-ring (bicyclic) bond motifs is 1. The van der Waals surface area contributed by atoms with Crippen molar-refractivity contribution in [2.24, 2.45) is 12.8 Å². The zero-order valence-electron chi connectivity index (χ0n) is 22.4. The molecule has 3 aromatic heterocycles. The lowest BCUT2D eigenvalue weighted by molar-refractivity contribution is 0.0694. The van der Waals surface area contributed by atoms with E-state index in [1.165, 1.54) is 17.6 Å². The Morgan fingerprint density at radius 3 is 2.51 bits per heavy atom. The van der Waals surface area contributed by atoms with Crippen LogP contribution < -0.4 is 5.73 Å². The highest BCUT2D eigenvalue weighted by Crippen LogP contribution is 2.34. The summed E-state index contributed by atoms with van der Waals surface area (Å²) in [6.07, 6.45) is 10.3. The van der Waals surface area contributed by atoms with E-state index in [2.05, 4.69) is 30.5 Å². The van der Waals surface area contributed by atoms with Crippen LogP contribution in [0.4, 0.5) is 0 Å². The van der Waals surface area contributed by atoms with Crippen LogP contribution in [0.2, 0.25) is 0 Å². The first-order valence-corrected chi connectivity index (χ1v) is 12.8. The van der Waals surface area contributed by atoms with Gasteiger partial charge in [0, 0.05) is 38.1 Å². The van der Waals surface area contributed by atoms with Gasteiger partial charge in [-0.3, -0.25) is 14.7 Å².